The zero-order chi connectivity index (χ0) is 18.8. The van der Waals surface area contributed by atoms with E-state index in [-0.39, 0.29) is 11.1 Å². The molecule has 0 bridgehead atoms. The van der Waals surface area contributed by atoms with Gasteiger partial charge in [0.05, 0.1) is 18.4 Å². The third-order valence-corrected chi connectivity index (χ3v) is 5.15. The molecule has 1 fully saturated rings. The van der Waals surface area contributed by atoms with Gasteiger partial charge in [0.1, 0.15) is 0 Å². The number of carbonyl (C=O) groups excluding carboxylic acids is 3. The minimum Gasteiger partial charge on any atom is -0.465 e. The Hall–Kier alpha value is -2.80. The maximum absolute atomic E-state index is 12.8. The van der Waals surface area contributed by atoms with Crippen molar-refractivity contribution in [1.82, 2.24) is 0 Å². The zero-order valence-corrected chi connectivity index (χ0v) is 15.4. The van der Waals surface area contributed by atoms with Crippen LogP contribution in [0.4, 0.5) is 16.2 Å². The molecule has 0 spiro atoms. The second-order valence-corrected chi connectivity index (χ2v) is 6.94. The lowest BCUT2D eigenvalue weighted by atomic mass is 10.1. The van der Waals surface area contributed by atoms with Gasteiger partial charge >= 0.3 is 5.97 Å². The molecule has 1 aliphatic rings. The number of hydrogen-bond acceptors (Lipinski definition) is 6. The van der Waals surface area contributed by atoms with E-state index in [0.29, 0.717) is 16.9 Å². The molecule has 134 valence electrons. The van der Waals surface area contributed by atoms with Crippen LogP contribution in [0.2, 0.25) is 0 Å². The van der Waals surface area contributed by atoms with Crippen molar-refractivity contribution in [2.24, 2.45) is 0 Å². The van der Waals surface area contributed by atoms with Gasteiger partial charge in [-0.2, -0.15) is 0 Å². The number of amides is 2. The first-order chi connectivity index (χ1) is 12.4. The Bertz CT molecular complexity index is 897. The highest BCUT2D eigenvalue weighted by Crippen LogP contribution is 2.33. The van der Waals surface area contributed by atoms with Gasteiger partial charge in [-0.1, -0.05) is 18.2 Å². The molecule has 1 unspecified atom stereocenters. The van der Waals surface area contributed by atoms with Gasteiger partial charge < -0.3 is 10.1 Å². The van der Waals surface area contributed by atoms with Crippen molar-refractivity contribution in [3.8, 4) is 0 Å². The normalized spacial score (nSPS) is 16.7. The SMILES string of the molecule is COC(=O)c1ccccc1NC1SC(=O)N(c2ccc(C)c(C)c2)C1=O. The first kappa shape index (κ1) is 18.0. The number of rotatable bonds is 4. The van der Waals surface area contributed by atoms with Crippen molar-refractivity contribution >= 4 is 40.3 Å². The van der Waals surface area contributed by atoms with Crippen molar-refractivity contribution in [1.29, 1.82) is 0 Å². The molecular formula is C19H18N2O4S. The van der Waals surface area contributed by atoms with Crippen molar-refractivity contribution in [3.63, 3.8) is 0 Å². The van der Waals surface area contributed by atoms with E-state index in [2.05, 4.69) is 5.32 Å². The van der Waals surface area contributed by atoms with Crippen LogP contribution < -0.4 is 10.2 Å². The number of methoxy groups -OCH3 is 1. The summed E-state index contributed by atoms with van der Waals surface area (Å²) in [6.45, 7) is 3.90. The van der Waals surface area contributed by atoms with Crippen molar-refractivity contribution in [2.75, 3.05) is 17.3 Å². The van der Waals surface area contributed by atoms with Crippen molar-refractivity contribution in [3.05, 3.63) is 59.2 Å². The molecule has 1 saturated heterocycles. The van der Waals surface area contributed by atoms with Crippen molar-refractivity contribution < 1.29 is 19.1 Å². The Morgan fingerprint density at radius 1 is 1.12 bits per heavy atom. The molecule has 0 saturated carbocycles. The molecule has 26 heavy (non-hydrogen) atoms. The fraction of sp³-hybridized carbons (Fsp3) is 0.211. The number of anilines is 2. The average Bonchev–Trinajstić information content (AvgIpc) is 2.91. The van der Waals surface area contributed by atoms with Gasteiger partial charge in [0.15, 0.2) is 5.37 Å². The van der Waals surface area contributed by atoms with Gasteiger partial charge in [-0.15, -0.1) is 0 Å². The second kappa shape index (κ2) is 7.21. The third kappa shape index (κ3) is 3.30. The Morgan fingerprint density at radius 2 is 1.85 bits per heavy atom. The first-order valence-corrected chi connectivity index (χ1v) is 8.86. The van der Waals surface area contributed by atoms with Crippen LogP contribution in [-0.2, 0) is 9.53 Å². The first-order valence-electron chi connectivity index (χ1n) is 7.98. The largest absolute Gasteiger partial charge is 0.465 e. The van der Waals surface area contributed by atoms with Gasteiger partial charge in [0.25, 0.3) is 11.1 Å². The second-order valence-electron chi connectivity index (χ2n) is 5.89. The Kier molecular flexibility index (Phi) is 4.99. The van der Waals surface area contributed by atoms with E-state index < -0.39 is 11.3 Å². The number of esters is 1. The van der Waals surface area contributed by atoms with E-state index in [1.807, 2.05) is 26.0 Å². The topological polar surface area (TPSA) is 75.7 Å². The predicted octanol–water partition coefficient (Wildman–Crippen LogP) is 3.73. The molecule has 2 aromatic carbocycles. The molecule has 1 aliphatic heterocycles. The van der Waals surface area contributed by atoms with Crippen LogP contribution in [0.15, 0.2) is 42.5 Å². The monoisotopic (exact) mass is 370 g/mol. The summed E-state index contributed by atoms with van der Waals surface area (Å²) in [6.07, 6.45) is 0. The molecule has 1 heterocycles. The fourth-order valence-electron chi connectivity index (χ4n) is 2.64. The number of nitrogens with zero attached hydrogens (tertiary/aromatic N) is 1. The summed E-state index contributed by atoms with van der Waals surface area (Å²) in [5.74, 6) is -0.885. The van der Waals surface area contributed by atoms with Crippen LogP contribution in [0.5, 0.6) is 0 Å². The highest BCUT2D eigenvalue weighted by atomic mass is 32.2. The molecule has 6 nitrogen and oxygen atoms in total. The summed E-state index contributed by atoms with van der Waals surface area (Å²) in [7, 11) is 1.29. The molecule has 0 aromatic heterocycles. The number of imide groups is 1. The molecule has 0 aliphatic carbocycles. The summed E-state index contributed by atoms with van der Waals surface area (Å²) < 4.78 is 4.76. The third-order valence-electron chi connectivity index (χ3n) is 4.21. The smallest absolute Gasteiger partial charge is 0.339 e. The standard InChI is InChI=1S/C19H18N2O4S/c1-11-8-9-13(10-12(11)2)21-17(22)16(26-19(21)24)20-15-7-5-4-6-14(15)18(23)25-3/h4-10,16,20H,1-3H3. The predicted molar refractivity (Wildman–Crippen MR) is 102 cm³/mol. The van der Waals surface area contributed by atoms with E-state index in [0.717, 1.165) is 27.8 Å². The maximum atomic E-state index is 12.8. The number of para-hydroxylation sites is 1. The maximum Gasteiger partial charge on any atom is 0.339 e. The number of carbonyl (C=O) groups is 3. The van der Waals surface area contributed by atoms with Gasteiger partial charge in [-0.3, -0.25) is 9.59 Å². The number of ether oxygens (including phenoxy) is 1. The number of benzene rings is 2. The van der Waals surface area contributed by atoms with Gasteiger partial charge in [-0.05, 0) is 61.0 Å². The van der Waals surface area contributed by atoms with Crippen LogP contribution >= 0.6 is 11.8 Å². The van der Waals surface area contributed by atoms with Crippen molar-refractivity contribution in [2.45, 2.75) is 19.2 Å². The van der Waals surface area contributed by atoms with E-state index in [9.17, 15) is 14.4 Å². The van der Waals surface area contributed by atoms with Gasteiger partial charge in [0, 0.05) is 5.69 Å². The molecular weight excluding hydrogens is 352 g/mol. The fourth-order valence-corrected chi connectivity index (χ4v) is 3.53. The average molecular weight is 370 g/mol. The van der Waals surface area contributed by atoms with E-state index in [1.165, 1.54) is 7.11 Å². The summed E-state index contributed by atoms with van der Waals surface area (Å²) in [4.78, 5) is 38.2. The summed E-state index contributed by atoms with van der Waals surface area (Å²) >= 11 is 0.884. The molecule has 2 amide bonds. The number of thioether (sulfide) groups is 1. The zero-order valence-electron chi connectivity index (χ0n) is 14.6. The lowest BCUT2D eigenvalue weighted by Gasteiger charge is -2.17. The Morgan fingerprint density at radius 3 is 2.54 bits per heavy atom. The highest BCUT2D eigenvalue weighted by molar-refractivity contribution is 8.16. The van der Waals surface area contributed by atoms with Crippen LogP contribution in [0.3, 0.4) is 0 Å². The molecule has 1 atom stereocenters. The lowest BCUT2D eigenvalue weighted by molar-refractivity contribution is -0.116. The Labute approximate surface area is 155 Å². The minimum atomic E-state index is -0.810. The summed E-state index contributed by atoms with van der Waals surface area (Å²) in [6, 6.07) is 12.2. The summed E-state index contributed by atoms with van der Waals surface area (Å²) in [5.41, 5.74) is 3.38. The lowest BCUT2D eigenvalue weighted by Crippen LogP contribution is -2.34. The van der Waals surface area contributed by atoms with E-state index >= 15 is 0 Å². The minimum absolute atomic E-state index is 0.306. The molecule has 3 rings (SSSR count). The van der Waals surface area contributed by atoms with Gasteiger partial charge in [-0.25, -0.2) is 9.69 Å². The number of aryl methyl sites for hydroxylation is 2. The quantitative estimate of drug-likeness (QED) is 0.827. The number of hydrogen-bond donors (Lipinski definition) is 1. The van der Waals surface area contributed by atoms with Gasteiger partial charge in [0.2, 0.25) is 0 Å². The van der Waals surface area contributed by atoms with Crippen LogP contribution in [0.1, 0.15) is 21.5 Å². The van der Waals surface area contributed by atoms with Crippen LogP contribution in [0.25, 0.3) is 0 Å². The molecule has 0 radical (unpaired) electrons. The molecule has 2 aromatic rings. The number of nitrogens with one attached hydrogen (secondary N) is 1. The van der Waals surface area contributed by atoms with Crippen LogP contribution in [0, 0.1) is 13.8 Å². The van der Waals surface area contributed by atoms with E-state index in [4.69, 9.17) is 4.74 Å². The highest BCUT2D eigenvalue weighted by Gasteiger charge is 2.41. The molecule has 1 N–H and O–H groups in total. The molecule has 7 heteroatoms. The summed E-state index contributed by atoms with van der Waals surface area (Å²) in [5, 5.41) is 1.82. The van der Waals surface area contributed by atoms with E-state index in [1.54, 1.807) is 30.3 Å². The van der Waals surface area contributed by atoms with Crippen LogP contribution in [-0.4, -0.2) is 29.6 Å². The Balaban J connectivity index is 1.86.